The Kier molecular flexibility index (Phi) is 4.86. The van der Waals surface area contributed by atoms with Crippen molar-refractivity contribution < 1.29 is 32.5 Å². The fourth-order valence-corrected chi connectivity index (χ4v) is 5.74. The van der Waals surface area contributed by atoms with E-state index in [1.54, 1.807) is 24.1 Å². The Bertz CT molecular complexity index is 1620. The Labute approximate surface area is 213 Å². The lowest BCUT2D eigenvalue weighted by molar-refractivity contribution is -0.189. The van der Waals surface area contributed by atoms with Gasteiger partial charge in [-0.1, -0.05) is 6.07 Å². The van der Waals surface area contributed by atoms with Gasteiger partial charge >= 0.3 is 6.61 Å². The highest BCUT2D eigenvalue weighted by Crippen LogP contribution is 2.53. The standard InChI is InChI=1S/C26H20F3N5O4/c1-33-18-6-15(20-13(23(33)35)3-2-4-19(20)38-25(28)29)21-17-5-14(16(27)9-34(17)32-22(18)21)12-7-30-24(31-8-12)26(36)10-37-11-26/h2-5,7-9,15,18,25,36H,6,10-11H2,1H3/t15-,18-/m1/s1. The number of alkyl halides is 2. The van der Waals surface area contributed by atoms with Crippen LogP contribution in [0.1, 0.15) is 51.4 Å². The smallest absolute Gasteiger partial charge is 0.387 e. The summed E-state index contributed by atoms with van der Waals surface area (Å²) in [6.07, 6.45) is 4.53. The molecule has 3 aromatic heterocycles. The van der Waals surface area contributed by atoms with E-state index in [1.165, 1.54) is 35.2 Å². The number of carbonyl (C=O) groups excluding carboxylic acids is 1. The van der Waals surface area contributed by atoms with Crippen molar-refractivity contribution in [2.24, 2.45) is 0 Å². The van der Waals surface area contributed by atoms with E-state index in [2.05, 4.69) is 15.1 Å². The van der Waals surface area contributed by atoms with Gasteiger partial charge in [-0.3, -0.25) is 4.79 Å². The molecule has 0 saturated carbocycles. The zero-order valence-corrected chi connectivity index (χ0v) is 19.9. The van der Waals surface area contributed by atoms with E-state index in [0.717, 1.165) is 5.56 Å². The molecule has 2 bridgehead atoms. The van der Waals surface area contributed by atoms with E-state index in [-0.39, 0.29) is 41.8 Å². The Balaban J connectivity index is 1.39. The first kappa shape index (κ1) is 23.1. The molecular formula is C26H20F3N5O4. The molecule has 0 unspecified atom stereocenters. The number of hydrogen-bond acceptors (Lipinski definition) is 7. The summed E-state index contributed by atoms with van der Waals surface area (Å²) in [5.41, 5.74) is 1.88. The Morgan fingerprint density at radius 2 is 1.95 bits per heavy atom. The number of amides is 1. The molecule has 3 aliphatic rings. The van der Waals surface area contributed by atoms with Crippen LogP contribution in [0.3, 0.4) is 0 Å². The minimum Gasteiger partial charge on any atom is -0.434 e. The molecule has 1 aliphatic carbocycles. The lowest BCUT2D eigenvalue weighted by atomic mass is 9.88. The third-order valence-electron chi connectivity index (χ3n) is 7.62. The van der Waals surface area contributed by atoms with Crippen LogP contribution in [0.25, 0.3) is 16.6 Å². The number of aliphatic hydroxyl groups is 1. The van der Waals surface area contributed by atoms with Crippen LogP contribution in [0.5, 0.6) is 5.75 Å². The molecule has 5 heterocycles. The number of rotatable bonds is 4. The number of pyridine rings is 1. The van der Waals surface area contributed by atoms with Gasteiger partial charge < -0.3 is 19.5 Å². The summed E-state index contributed by atoms with van der Waals surface area (Å²) in [6, 6.07) is 5.74. The molecular weight excluding hydrogens is 503 g/mol. The maximum Gasteiger partial charge on any atom is 0.387 e. The Hall–Kier alpha value is -4.03. The Morgan fingerprint density at radius 1 is 1.18 bits per heavy atom. The number of benzene rings is 1. The van der Waals surface area contributed by atoms with Gasteiger partial charge in [0.2, 0.25) is 0 Å². The highest BCUT2D eigenvalue weighted by Gasteiger charge is 2.46. The molecule has 1 fully saturated rings. The third kappa shape index (κ3) is 3.19. The van der Waals surface area contributed by atoms with E-state index in [1.807, 2.05) is 0 Å². The number of halogens is 3. The van der Waals surface area contributed by atoms with Crippen LogP contribution in [0, 0.1) is 5.82 Å². The van der Waals surface area contributed by atoms with Crippen molar-refractivity contribution >= 4 is 11.4 Å². The summed E-state index contributed by atoms with van der Waals surface area (Å²) in [7, 11) is 1.64. The normalized spacial score (nSPS) is 21.3. The van der Waals surface area contributed by atoms with Gasteiger partial charge in [0.15, 0.2) is 11.4 Å². The van der Waals surface area contributed by atoms with Crippen LogP contribution in [0.4, 0.5) is 13.2 Å². The van der Waals surface area contributed by atoms with E-state index < -0.39 is 30.0 Å². The van der Waals surface area contributed by atoms with Gasteiger partial charge in [-0.25, -0.2) is 18.9 Å². The zero-order valence-electron chi connectivity index (χ0n) is 19.9. The largest absolute Gasteiger partial charge is 0.434 e. The van der Waals surface area contributed by atoms with Crippen LogP contribution < -0.4 is 4.74 Å². The number of ether oxygens (including phenoxy) is 2. The first-order valence-corrected chi connectivity index (χ1v) is 11.9. The summed E-state index contributed by atoms with van der Waals surface area (Å²) in [4.78, 5) is 23.2. The summed E-state index contributed by atoms with van der Waals surface area (Å²) < 4.78 is 53.2. The molecule has 4 aromatic rings. The summed E-state index contributed by atoms with van der Waals surface area (Å²) in [5, 5.41) is 15.0. The predicted molar refractivity (Wildman–Crippen MR) is 125 cm³/mol. The fraction of sp³-hybridized carbons (Fsp3) is 0.308. The van der Waals surface area contributed by atoms with Crippen LogP contribution in [0.2, 0.25) is 0 Å². The van der Waals surface area contributed by atoms with Crippen LogP contribution in [-0.2, 0) is 10.3 Å². The molecule has 38 heavy (non-hydrogen) atoms. The topological polar surface area (TPSA) is 102 Å². The molecule has 1 saturated heterocycles. The van der Waals surface area contributed by atoms with Gasteiger partial charge in [0.05, 0.1) is 36.7 Å². The van der Waals surface area contributed by atoms with Crippen LogP contribution in [-0.4, -0.2) is 62.4 Å². The van der Waals surface area contributed by atoms with Crippen molar-refractivity contribution in [1.82, 2.24) is 24.5 Å². The lowest BCUT2D eigenvalue weighted by Gasteiger charge is -2.34. The van der Waals surface area contributed by atoms with E-state index in [4.69, 9.17) is 9.47 Å². The van der Waals surface area contributed by atoms with E-state index in [0.29, 0.717) is 28.8 Å². The molecule has 1 N–H and O–H groups in total. The third-order valence-corrected chi connectivity index (χ3v) is 7.62. The van der Waals surface area contributed by atoms with Gasteiger partial charge in [0.25, 0.3) is 5.91 Å². The van der Waals surface area contributed by atoms with Gasteiger partial charge in [0.1, 0.15) is 11.6 Å². The van der Waals surface area contributed by atoms with Gasteiger partial charge in [-0.2, -0.15) is 13.9 Å². The van der Waals surface area contributed by atoms with Crippen molar-refractivity contribution in [3.8, 4) is 16.9 Å². The second-order valence-electron chi connectivity index (χ2n) is 9.80. The minimum atomic E-state index is -3.06. The highest BCUT2D eigenvalue weighted by atomic mass is 19.3. The number of aromatic nitrogens is 4. The molecule has 2 aliphatic heterocycles. The Morgan fingerprint density at radius 3 is 2.63 bits per heavy atom. The van der Waals surface area contributed by atoms with Crippen molar-refractivity contribution in [2.45, 2.75) is 30.6 Å². The number of nitrogens with zero attached hydrogens (tertiary/aromatic N) is 5. The summed E-state index contributed by atoms with van der Waals surface area (Å²) in [6.45, 7) is -2.88. The molecule has 12 heteroatoms. The monoisotopic (exact) mass is 523 g/mol. The molecule has 7 rings (SSSR count). The number of carbonyl (C=O) groups is 1. The molecule has 1 amide bonds. The molecule has 1 aromatic carbocycles. The molecule has 0 spiro atoms. The predicted octanol–water partition coefficient (Wildman–Crippen LogP) is 3.41. The maximum absolute atomic E-state index is 15.3. The van der Waals surface area contributed by atoms with E-state index in [9.17, 15) is 18.7 Å². The summed E-state index contributed by atoms with van der Waals surface area (Å²) in [5.74, 6) is -1.24. The van der Waals surface area contributed by atoms with Crippen molar-refractivity contribution in [2.75, 3.05) is 20.3 Å². The first-order chi connectivity index (χ1) is 18.2. The quantitative estimate of drug-likeness (QED) is 0.438. The van der Waals surface area contributed by atoms with Gasteiger partial charge in [0, 0.05) is 53.2 Å². The molecule has 9 nitrogen and oxygen atoms in total. The van der Waals surface area contributed by atoms with Crippen molar-refractivity contribution in [3.05, 3.63) is 76.9 Å². The highest BCUT2D eigenvalue weighted by molar-refractivity contribution is 5.98. The number of fused-ring (bicyclic) bond motifs is 9. The second-order valence-corrected chi connectivity index (χ2v) is 9.80. The van der Waals surface area contributed by atoms with E-state index >= 15 is 4.39 Å². The van der Waals surface area contributed by atoms with Crippen molar-refractivity contribution in [3.63, 3.8) is 0 Å². The zero-order chi connectivity index (χ0) is 26.3. The van der Waals surface area contributed by atoms with Crippen molar-refractivity contribution in [1.29, 1.82) is 0 Å². The summed E-state index contributed by atoms with van der Waals surface area (Å²) >= 11 is 0. The van der Waals surface area contributed by atoms with Gasteiger partial charge in [-0.05, 0) is 24.6 Å². The molecule has 0 radical (unpaired) electrons. The minimum absolute atomic E-state index is 0.0682. The number of hydrogen-bond donors (Lipinski definition) is 1. The second kappa shape index (κ2) is 7.98. The molecule has 194 valence electrons. The SMILES string of the molecule is CN1C(=O)c2cccc(OC(F)F)c2[C@H]2C[C@@H]1c1nn3cc(F)c(-c4cnc(C5(O)COC5)nc4)cc3c12. The average Bonchev–Trinajstić information content (AvgIpc) is 3.39. The van der Waals surface area contributed by atoms with Crippen LogP contribution in [0.15, 0.2) is 42.9 Å². The average molecular weight is 523 g/mol. The van der Waals surface area contributed by atoms with Crippen LogP contribution >= 0.6 is 0 Å². The lowest BCUT2D eigenvalue weighted by Crippen LogP contribution is -2.47. The van der Waals surface area contributed by atoms with Gasteiger partial charge in [-0.15, -0.1) is 0 Å². The maximum atomic E-state index is 15.3. The fourth-order valence-electron chi connectivity index (χ4n) is 5.74. The first-order valence-electron chi connectivity index (χ1n) is 11.9. The molecule has 2 atom stereocenters.